The molecule has 1 saturated heterocycles. The van der Waals surface area contributed by atoms with E-state index >= 15 is 0 Å². The number of halogens is 2. The molecule has 1 aliphatic rings. The molecule has 21 heavy (non-hydrogen) atoms. The molecule has 0 aromatic heterocycles. The Bertz CT molecular complexity index is 443. The highest BCUT2D eigenvalue weighted by Crippen LogP contribution is 2.12. The van der Waals surface area contributed by atoms with Gasteiger partial charge in [-0.3, -0.25) is 4.90 Å². The zero-order valence-electron chi connectivity index (χ0n) is 11.8. The Hall–Kier alpha value is -1.69. The monoisotopic (exact) mass is 298 g/mol. The molecule has 0 unspecified atom stereocenters. The molecule has 0 radical (unpaired) electrons. The predicted molar refractivity (Wildman–Crippen MR) is 75.2 cm³/mol. The summed E-state index contributed by atoms with van der Waals surface area (Å²) in [6.07, 6.45) is -1.24. The molecule has 1 aliphatic heterocycles. The van der Waals surface area contributed by atoms with Gasteiger partial charge in [0.15, 0.2) is 0 Å². The van der Waals surface area contributed by atoms with Gasteiger partial charge in [0.25, 0.3) is 6.43 Å². The fourth-order valence-electron chi connectivity index (χ4n) is 2.47. The lowest BCUT2D eigenvalue weighted by molar-refractivity contribution is 0.0684. The second-order valence-corrected chi connectivity index (χ2v) is 5.20. The molecule has 6 heteroatoms. The number of carbonyl (C=O) groups is 1. The van der Waals surface area contributed by atoms with Gasteiger partial charge in [-0.25, -0.2) is 13.6 Å². The largest absolute Gasteiger partial charge is 0.445 e. The van der Waals surface area contributed by atoms with Gasteiger partial charge >= 0.3 is 6.09 Å². The highest BCUT2D eigenvalue weighted by molar-refractivity contribution is 5.67. The molecule has 1 atom stereocenters. The van der Waals surface area contributed by atoms with Crippen LogP contribution in [-0.2, 0) is 11.3 Å². The van der Waals surface area contributed by atoms with E-state index in [-0.39, 0.29) is 19.2 Å². The normalized spacial score (nSPS) is 19.5. The topological polar surface area (TPSA) is 41.6 Å². The van der Waals surface area contributed by atoms with Crippen molar-refractivity contribution in [3.05, 3.63) is 35.9 Å². The average molecular weight is 298 g/mol. The highest BCUT2D eigenvalue weighted by Gasteiger charge is 2.23. The van der Waals surface area contributed by atoms with E-state index < -0.39 is 12.5 Å². The van der Waals surface area contributed by atoms with Crippen LogP contribution < -0.4 is 5.32 Å². The Balaban J connectivity index is 1.72. The van der Waals surface area contributed by atoms with Crippen molar-refractivity contribution in [2.45, 2.75) is 31.9 Å². The second kappa shape index (κ2) is 7.93. The van der Waals surface area contributed by atoms with Crippen LogP contribution in [0.25, 0.3) is 0 Å². The van der Waals surface area contributed by atoms with Gasteiger partial charge in [0.2, 0.25) is 0 Å². The Morgan fingerprint density at radius 2 is 2.14 bits per heavy atom. The van der Waals surface area contributed by atoms with Gasteiger partial charge in [0, 0.05) is 12.6 Å². The summed E-state index contributed by atoms with van der Waals surface area (Å²) in [4.78, 5) is 13.4. The number of nitrogens with zero attached hydrogens (tertiary/aromatic N) is 1. The average Bonchev–Trinajstić information content (AvgIpc) is 2.46. The molecule has 1 aromatic carbocycles. The quantitative estimate of drug-likeness (QED) is 0.908. The predicted octanol–water partition coefficient (Wildman–Crippen LogP) is 2.64. The Morgan fingerprint density at radius 3 is 2.86 bits per heavy atom. The fourth-order valence-corrected chi connectivity index (χ4v) is 2.47. The Labute approximate surface area is 123 Å². The lowest BCUT2D eigenvalue weighted by Crippen LogP contribution is -2.48. The maximum atomic E-state index is 12.4. The van der Waals surface area contributed by atoms with Crippen molar-refractivity contribution in [1.82, 2.24) is 10.2 Å². The molecule has 116 valence electrons. The minimum absolute atomic E-state index is 0.124. The van der Waals surface area contributed by atoms with Crippen LogP contribution >= 0.6 is 0 Å². The first-order valence-electron chi connectivity index (χ1n) is 7.11. The van der Waals surface area contributed by atoms with Gasteiger partial charge < -0.3 is 10.1 Å². The lowest BCUT2D eigenvalue weighted by Gasteiger charge is -2.32. The van der Waals surface area contributed by atoms with E-state index in [0.717, 1.165) is 18.4 Å². The number of nitrogens with one attached hydrogen (secondary N) is 1. The molecule has 1 aromatic rings. The third-order valence-electron chi connectivity index (χ3n) is 3.44. The summed E-state index contributed by atoms with van der Waals surface area (Å²) in [5, 5.41) is 2.74. The van der Waals surface area contributed by atoms with Crippen molar-refractivity contribution >= 4 is 6.09 Å². The molecule has 1 N–H and O–H groups in total. The van der Waals surface area contributed by atoms with Crippen molar-refractivity contribution in [3.8, 4) is 0 Å². The number of amides is 1. The van der Waals surface area contributed by atoms with Crippen LogP contribution in [0, 0.1) is 0 Å². The molecule has 1 amide bonds. The first-order valence-corrected chi connectivity index (χ1v) is 7.11. The van der Waals surface area contributed by atoms with E-state index in [0.29, 0.717) is 13.1 Å². The van der Waals surface area contributed by atoms with Crippen LogP contribution in [0.1, 0.15) is 18.4 Å². The van der Waals surface area contributed by atoms with Crippen molar-refractivity contribution in [2.75, 3.05) is 19.6 Å². The number of rotatable bonds is 5. The van der Waals surface area contributed by atoms with Crippen LogP contribution in [0.2, 0.25) is 0 Å². The van der Waals surface area contributed by atoms with E-state index in [1.54, 1.807) is 4.90 Å². The molecule has 0 aliphatic carbocycles. The summed E-state index contributed by atoms with van der Waals surface area (Å²) in [6, 6.07) is 9.26. The minimum atomic E-state index is -2.34. The number of hydrogen-bond acceptors (Lipinski definition) is 3. The summed E-state index contributed by atoms with van der Waals surface area (Å²) in [5.74, 6) is 0. The number of ether oxygens (including phenoxy) is 1. The van der Waals surface area contributed by atoms with Gasteiger partial charge in [0.1, 0.15) is 6.61 Å². The van der Waals surface area contributed by atoms with E-state index in [9.17, 15) is 13.6 Å². The van der Waals surface area contributed by atoms with Crippen LogP contribution in [0.4, 0.5) is 13.6 Å². The molecule has 2 rings (SSSR count). The minimum Gasteiger partial charge on any atom is -0.445 e. The number of likely N-dealkylation sites (tertiary alicyclic amines) is 1. The number of hydrogen-bond donors (Lipinski definition) is 1. The molecule has 1 fully saturated rings. The fraction of sp³-hybridized carbons (Fsp3) is 0.533. The summed E-state index contributed by atoms with van der Waals surface area (Å²) < 4.78 is 29.9. The summed E-state index contributed by atoms with van der Waals surface area (Å²) in [6.45, 7) is 1.07. The molecule has 0 saturated carbocycles. The van der Waals surface area contributed by atoms with E-state index in [1.807, 2.05) is 30.3 Å². The summed E-state index contributed by atoms with van der Waals surface area (Å²) in [7, 11) is 0. The van der Waals surface area contributed by atoms with Gasteiger partial charge in [0.05, 0.1) is 6.54 Å². The number of alkyl halides is 2. The first kappa shape index (κ1) is 15.7. The van der Waals surface area contributed by atoms with Gasteiger partial charge in [-0.2, -0.15) is 0 Å². The SMILES string of the molecule is O=C(N[C@H]1CCCN(CC(F)F)C1)OCc1ccccc1. The zero-order chi connectivity index (χ0) is 15.1. The van der Waals surface area contributed by atoms with Crippen molar-refractivity contribution in [2.24, 2.45) is 0 Å². The van der Waals surface area contributed by atoms with Crippen LogP contribution in [0.3, 0.4) is 0 Å². The smallest absolute Gasteiger partial charge is 0.407 e. The number of benzene rings is 1. The van der Waals surface area contributed by atoms with Gasteiger partial charge in [-0.05, 0) is 24.9 Å². The summed E-state index contributed by atoms with van der Waals surface area (Å²) in [5.41, 5.74) is 0.913. The number of alkyl carbamates (subject to hydrolysis) is 1. The number of carbonyl (C=O) groups excluding carboxylic acids is 1. The van der Waals surface area contributed by atoms with Gasteiger partial charge in [-0.1, -0.05) is 30.3 Å². The molecule has 4 nitrogen and oxygen atoms in total. The standard InChI is InChI=1S/C15H20F2N2O2/c16-14(17)10-19-8-4-7-13(9-19)18-15(20)21-11-12-5-2-1-3-6-12/h1-3,5-6,13-14H,4,7-11H2,(H,18,20)/t13-/m0/s1. The van der Waals surface area contributed by atoms with Crippen molar-refractivity contribution in [1.29, 1.82) is 0 Å². The van der Waals surface area contributed by atoms with E-state index in [2.05, 4.69) is 5.32 Å². The summed E-state index contributed by atoms with van der Waals surface area (Å²) >= 11 is 0. The third kappa shape index (κ3) is 5.67. The highest BCUT2D eigenvalue weighted by atomic mass is 19.3. The maximum Gasteiger partial charge on any atom is 0.407 e. The second-order valence-electron chi connectivity index (χ2n) is 5.20. The zero-order valence-corrected chi connectivity index (χ0v) is 11.8. The number of piperidine rings is 1. The van der Waals surface area contributed by atoms with Crippen molar-refractivity contribution in [3.63, 3.8) is 0 Å². The van der Waals surface area contributed by atoms with Crippen LogP contribution in [0.15, 0.2) is 30.3 Å². The molecular formula is C15H20F2N2O2. The first-order chi connectivity index (χ1) is 10.1. The Kier molecular flexibility index (Phi) is 5.92. The van der Waals surface area contributed by atoms with Crippen molar-refractivity contribution < 1.29 is 18.3 Å². The molecule has 0 bridgehead atoms. The maximum absolute atomic E-state index is 12.4. The van der Waals surface area contributed by atoms with E-state index in [1.165, 1.54) is 0 Å². The lowest BCUT2D eigenvalue weighted by atomic mass is 10.1. The van der Waals surface area contributed by atoms with E-state index in [4.69, 9.17) is 4.74 Å². The third-order valence-corrected chi connectivity index (χ3v) is 3.44. The Morgan fingerprint density at radius 1 is 1.38 bits per heavy atom. The van der Waals surface area contributed by atoms with Gasteiger partial charge in [-0.15, -0.1) is 0 Å². The van der Waals surface area contributed by atoms with Crippen LogP contribution in [0.5, 0.6) is 0 Å². The molecule has 1 heterocycles. The molecular weight excluding hydrogens is 278 g/mol. The molecule has 0 spiro atoms. The van der Waals surface area contributed by atoms with Crippen LogP contribution in [-0.4, -0.2) is 43.1 Å².